The summed E-state index contributed by atoms with van der Waals surface area (Å²) in [6, 6.07) is 2.04. The molecule has 0 aliphatic carbocycles. The molecule has 2 heterocycles. The first-order chi connectivity index (χ1) is 7.40. The Kier molecular flexibility index (Phi) is 3.53. The van der Waals surface area contributed by atoms with E-state index < -0.39 is 0 Å². The van der Waals surface area contributed by atoms with Crippen molar-refractivity contribution in [3.8, 4) is 11.3 Å². The minimum Gasteiger partial charge on any atom is -0.441 e. The average Bonchev–Trinajstić information content (AvgIpc) is 2.87. The summed E-state index contributed by atoms with van der Waals surface area (Å²) in [7, 11) is 0. The number of hydrogen-bond acceptors (Lipinski definition) is 4. The molecule has 2 aromatic rings. The molecule has 0 unspecified atom stereocenters. The first-order valence-corrected chi connectivity index (χ1v) is 6.02. The van der Waals surface area contributed by atoms with Crippen molar-refractivity contribution >= 4 is 11.3 Å². The van der Waals surface area contributed by atoms with Crippen molar-refractivity contribution in [3.05, 3.63) is 28.9 Å². The van der Waals surface area contributed by atoms with E-state index in [1.165, 1.54) is 0 Å². The van der Waals surface area contributed by atoms with Gasteiger partial charge < -0.3 is 9.73 Å². The number of thiophene rings is 1. The number of nitrogens with one attached hydrogen (secondary N) is 1. The van der Waals surface area contributed by atoms with E-state index >= 15 is 0 Å². The van der Waals surface area contributed by atoms with E-state index in [4.69, 9.17) is 4.42 Å². The van der Waals surface area contributed by atoms with Crippen molar-refractivity contribution in [3.63, 3.8) is 0 Å². The Hall–Kier alpha value is -1.13. The van der Waals surface area contributed by atoms with Gasteiger partial charge in [0.25, 0.3) is 0 Å². The molecular weight excluding hydrogens is 208 g/mol. The number of nitrogens with zero attached hydrogens (tertiary/aromatic N) is 1. The second-order valence-corrected chi connectivity index (χ2v) is 4.01. The van der Waals surface area contributed by atoms with E-state index in [2.05, 4.69) is 22.6 Å². The van der Waals surface area contributed by atoms with E-state index in [1.54, 1.807) is 17.5 Å². The van der Waals surface area contributed by atoms with Crippen molar-refractivity contribution in [2.45, 2.75) is 13.3 Å². The summed E-state index contributed by atoms with van der Waals surface area (Å²) < 4.78 is 5.63. The summed E-state index contributed by atoms with van der Waals surface area (Å²) in [4.78, 5) is 4.24. The number of likely N-dealkylation sites (N-methyl/N-ethyl adjacent to an activating group) is 1. The summed E-state index contributed by atoms with van der Waals surface area (Å²) >= 11 is 1.67. The van der Waals surface area contributed by atoms with E-state index in [9.17, 15) is 0 Å². The molecule has 0 saturated carbocycles. The number of aromatic nitrogens is 1. The molecule has 15 heavy (non-hydrogen) atoms. The van der Waals surface area contributed by atoms with Crippen LogP contribution in [0.3, 0.4) is 0 Å². The van der Waals surface area contributed by atoms with Crippen LogP contribution in [-0.2, 0) is 6.42 Å². The lowest BCUT2D eigenvalue weighted by atomic mass is 10.3. The fourth-order valence-corrected chi connectivity index (χ4v) is 1.98. The van der Waals surface area contributed by atoms with Gasteiger partial charge in [-0.3, -0.25) is 0 Å². The molecule has 0 saturated heterocycles. The Morgan fingerprint density at radius 2 is 2.47 bits per heavy atom. The highest BCUT2D eigenvalue weighted by atomic mass is 32.1. The standard InChI is InChI=1S/C11H14N2OS/c1-2-12-5-3-11-13-7-10(14-11)9-4-6-15-8-9/h4,6-8,12H,2-3,5H2,1H3. The van der Waals surface area contributed by atoms with Crippen LogP contribution in [0.2, 0.25) is 0 Å². The third kappa shape index (κ3) is 2.67. The SMILES string of the molecule is CCNCCc1ncc(-c2ccsc2)o1. The summed E-state index contributed by atoms with van der Waals surface area (Å²) in [6.07, 6.45) is 2.64. The molecule has 2 aromatic heterocycles. The first-order valence-electron chi connectivity index (χ1n) is 5.08. The maximum Gasteiger partial charge on any atom is 0.196 e. The second kappa shape index (κ2) is 5.09. The third-order valence-electron chi connectivity index (χ3n) is 2.12. The molecule has 0 spiro atoms. The molecule has 0 aromatic carbocycles. The second-order valence-electron chi connectivity index (χ2n) is 3.23. The van der Waals surface area contributed by atoms with Gasteiger partial charge in [-0.25, -0.2) is 4.98 Å². The Balaban J connectivity index is 1.98. The largest absolute Gasteiger partial charge is 0.441 e. The van der Waals surface area contributed by atoms with Gasteiger partial charge in [0.05, 0.1) is 6.20 Å². The average molecular weight is 222 g/mol. The van der Waals surface area contributed by atoms with E-state index in [1.807, 2.05) is 11.4 Å². The zero-order chi connectivity index (χ0) is 10.5. The van der Waals surface area contributed by atoms with Gasteiger partial charge in [-0.15, -0.1) is 0 Å². The molecule has 0 aliphatic rings. The van der Waals surface area contributed by atoms with Crippen LogP contribution in [0.5, 0.6) is 0 Å². The lowest BCUT2D eigenvalue weighted by molar-refractivity contribution is 0.497. The van der Waals surface area contributed by atoms with Crippen LogP contribution in [0.1, 0.15) is 12.8 Å². The minimum atomic E-state index is 0.803. The topological polar surface area (TPSA) is 38.1 Å². The molecule has 0 atom stereocenters. The highest BCUT2D eigenvalue weighted by Crippen LogP contribution is 2.22. The molecule has 0 fully saturated rings. The normalized spacial score (nSPS) is 10.7. The Labute approximate surface area is 93.2 Å². The van der Waals surface area contributed by atoms with Gasteiger partial charge in [-0.2, -0.15) is 11.3 Å². The predicted octanol–water partition coefficient (Wildman–Crippen LogP) is 2.56. The van der Waals surface area contributed by atoms with Crippen LogP contribution in [0, 0.1) is 0 Å². The predicted molar refractivity (Wildman–Crippen MR) is 62.1 cm³/mol. The highest BCUT2D eigenvalue weighted by Gasteiger charge is 2.05. The van der Waals surface area contributed by atoms with Crippen molar-refractivity contribution in [2.75, 3.05) is 13.1 Å². The molecule has 80 valence electrons. The molecule has 0 amide bonds. The molecule has 0 aliphatic heterocycles. The zero-order valence-corrected chi connectivity index (χ0v) is 9.51. The maximum atomic E-state index is 5.63. The molecule has 3 nitrogen and oxygen atoms in total. The van der Waals surface area contributed by atoms with Crippen LogP contribution >= 0.6 is 11.3 Å². The minimum absolute atomic E-state index is 0.803. The summed E-state index contributed by atoms with van der Waals surface area (Å²) in [5.74, 6) is 1.67. The van der Waals surface area contributed by atoms with Gasteiger partial charge in [-0.1, -0.05) is 6.92 Å². The summed E-state index contributed by atoms with van der Waals surface area (Å²) in [5, 5.41) is 7.34. The van der Waals surface area contributed by atoms with Crippen molar-refractivity contribution in [1.29, 1.82) is 0 Å². The molecule has 0 bridgehead atoms. The fourth-order valence-electron chi connectivity index (χ4n) is 1.34. The van der Waals surface area contributed by atoms with Crippen molar-refractivity contribution in [1.82, 2.24) is 10.3 Å². The lowest BCUT2D eigenvalue weighted by Gasteiger charge is -1.96. The molecule has 2 rings (SSSR count). The lowest BCUT2D eigenvalue weighted by Crippen LogP contribution is -2.16. The van der Waals surface area contributed by atoms with Crippen LogP contribution < -0.4 is 5.32 Å². The third-order valence-corrected chi connectivity index (χ3v) is 2.81. The summed E-state index contributed by atoms with van der Waals surface area (Å²) in [5.41, 5.74) is 1.11. The molecule has 4 heteroatoms. The van der Waals surface area contributed by atoms with Gasteiger partial charge in [0.15, 0.2) is 11.7 Å². The zero-order valence-electron chi connectivity index (χ0n) is 8.69. The van der Waals surface area contributed by atoms with Gasteiger partial charge in [-0.05, 0) is 18.0 Å². The number of hydrogen-bond donors (Lipinski definition) is 1. The van der Waals surface area contributed by atoms with Crippen molar-refractivity contribution < 1.29 is 4.42 Å². The van der Waals surface area contributed by atoms with Gasteiger partial charge in [0, 0.05) is 23.9 Å². The maximum absolute atomic E-state index is 5.63. The monoisotopic (exact) mass is 222 g/mol. The Morgan fingerprint density at radius 3 is 3.20 bits per heavy atom. The van der Waals surface area contributed by atoms with Crippen LogP contribution in [-0.4, -0.2) is 18.1 Å². The van der Waals surface area contributed by atoms with Gasteiger partial charge in [0.1, 0.15) is 0 Å². The summed E-state index contributed by atoms with van der Waals surface area (Å²) in [6.45, 7) is 3.99. The highest BCUT2D eigenvalue weighted by molar-refractivity contribution is 7.08. The number of oxazole rings is 1. The fraction of sp³-hybridized carbons (Fsp3) is 0.364. The Bertz CT molecular complexity index is 394. The first kappa shape index (κ1) is 10.4. The van der Waals surface area contributed by atoms with E-state index in [-0.39, 0.29) is 0 Å². The van der Waals surface area contributed by atoms with Crippen LogP contribution in [0.25, 0.3) is 11.3 Å². The Morgan fingerprint density at radius 1 is 1.53 bits per heavy atom. The van der Waals surface area contributed by atoms with E-state index in [0.717, 1.165) is 36.7 Å². The van der Waals surface area contributed by atoms with Crippen molar-refractivity contribution in [2.24, 2.45) is 0 Å². The van der Waals surface area contributed by atoms with Gasteiger partial charge in [0.2, 0.25) is 0 Å². The van der Waals surface area contributed by atoms with Gasteiger partial charge >= 0.3 is 0 Å². The number of rotatable bonds is 5. The van der Waals surface area contributed by atoms with Crippen LogP contribution in [0.4, 0.5) is 0 Å². The smallest absolute Gasteiger partial charge is 0.196 e. The van der Waals surface area contributed by atoms with Crippen LogP contribution in [0.15, 0.2) is 27.4 Å². The quantitative estimate of drug-likeness (QED) is 0.790. The molecule has 1 N–H and O–H groups in total. The molecule has 0 radical (unpaired) electrons. The van der Waals surface area contributed by atoms with E-state index in [0.29, 0.717) is 0 Å². The molecular formula is C11H14N2OS.